The fourth-order valence-corrected chi connectivity index (χ4v) is 2.37. The molecule has 0 fully saturated rings. The molecule has 112 valence electrons. The molecule has 0 radical (unpaired) electrons. The Bertz CT molecular complexity index is 378. The van der Waals surface area contributed by atoms with E-state index in [-0.39, 0.29) is 17.9 Å². The van der Waals surface area contributed by atoms with Gasteiger partial charge in [-0.2, -0.15) is 0 Å². The van der Waals surface area contributed by atoms with Crippen LogP contribution in [0.3, 0.4) is 0 Å². The van der Waals surface area contributed by atoms with Crippen molar-refractivity contribution in [2.75, 3.05) is 6.54 Å². The van der Waals surface area contributed by atoms with Crippen molar-refractivity contribution in [1.82, 2.24) is 5.32 Å². The minimum atomic E-state index is -0.241. The van der Waals surface area contributed by atoms with Gasteiger partial charge in [0.05, 0.1) is 5.92 Å². The molecular formula is C17H28N2O. The SMILES string of the molecule is CCCCCCC(C)NC(=O)C(CN)c1ccccc1. The van der Waals surface area contributed by atoms with E-state index in [0.29, 0.717) is 6.54 Å². The van der Waals surface area contributed by atoms with Gasteiger partial charge in [0.2, 0.25) is 5.91 Å². The molecule has 0 saturated carbocycles. The zero-order valence-electron chi connectivity index (χ0n) is 12.8. The van der Waals surface area contributed by atoms with E-state index in [9.17, 15) is 4.79 Å². The Morgan fingerprint density at radius 2 is 1.90 bits per heavy atom. The summed E-state index contributed by atoms with van der Waals surface area (Å²) in [4.78, 5) is 12.3. The highest BCUT2D eigenvalue weighted by Crippen LogP contribution is 2.15. The first-order valence-electron chi connectivity index (χ1n) is 7.74. The number of rotatable bonds is 9. The van der Waals surface area contributed by atoms with Crippen molar-refractivity contribution in [3.05, 3.63) is 35.9 Å². The van der Waals surface area contributed by atoms with E-state index in [1.165, 1.54) is 25.7 Å². The van der Waals surface area contributed by atoms with Crippen LogP contribution in [-0.2, 0) is 4.79 Å². The van der Waals surface area contributed by atoms with Gasteiger partial charge in [0.15, 0.2) is 0 Å². The lowest BCUT2D eigenvalue weighted by atomic mass is 9.97. The minimum absolute atomic E-state index is 0.0432. The molecule has 0 heterocycles. The van der Waals surface area contributed by atoms with Gasteiger partial charge in [-0.1, -0.05) is 62.9 Å². The first kappa shape index (κ1) is 16.7. The Kier molecular flexibility index (Phi) is 7.97. The van der Waals surface area contributed by atoms with E-state index in [1.54, 1.807) is 0 Å². The van der Waals surface area contributed by atoms with E-state index < -0.39 is 0 Å². The third kappa shape index (κ3) is 5.74. The van der Waals surface area contributed by atoms with Crippen LogP contribution in [0.15, 0.2) is 30.3 Å². The van der Waals surface area contributed by atoms with Crippen LogP contribution < -0.4 is 11.1 Å². The second kappa shape index (κ2) is 9.54. The van der Waals surface area contributed by atoms with Crippen molar-refractivity contribution in [3.8, 4) is 0 Å². The molecular weight excluding hydrogens is 248 g/mol. The molecule has 0 aliphatic carbocycles. The van der Waals surface area contributed by atoms with Gasteiger partial charge < -0.3 is 11.1 Å². The maximum atomic E-state index is 12.3. The molecule has 1 aromatic carbocycles. The fourth-order valence-electron chi connectivity index (χ4n) is 2.37. The molecule has 0 saturated heterocycles. The Morgan fingerprint density at radius 1 is 1.20 bits per heavy atom. The summed E-state index contributed by atoms with van der Waals surface area (Å²) in [6.07, 6.45) is 5.97. The number of unbranched alkanes of at least 4 members (excludes halogenated alkanes) is 3. The van der Waals surface area contributed by atoms with Crippen LogP contribution in [0.4, 0.5) is 0 Å². The van der Waals surface area contributed by atoms with Crippen molar-refractivity contribution in [2.45, 2.75) is 57.9 Å². The number of hydrogen-bond acceptors (Lipinski definition) is 2. The van der Waals surface area contributed by atoms with Gasteiger partial charge in [-0.05, 0) is 18.9 Å². The van der Waals surface area contributed by atoms with Crippen molar-refractivity contribution >= 4 is 5.91 Å². The van der Waals surface area contributed by atoms with Crippen LogP contribution in [0.1, 0.15) is 57.4 Å². The first-order chi connectivity index (χ1) is 9.69. The number of nitrogens with one attached hydrogen (secondary N) is 1. The van der Waals surface area contributed by atoms with Gasteiger partial charge in [0.1, 0.15) is 0 Å². The van der Waals surface area contributed by atoms with E-state index in [4.69, 9.17) is 5.73 Å². The number of carbonyl (C=O) groups excluding carboxylic acids is 1. The fraction of sp³-hybridized carbons (Fsp3) is 0.588. The monoisotopic (exact) mass is 276 g/mol. The lowest BCUT2D eigenvalue weighted by Crippen LogP contribution is -2.38. The quantitative estimate of drug-likeness (QED) is 0.680. The molecule has 1 aromatic rings. The molecule has 0 aliphatic rings. The van der Waals surface area contributed by atoms with Crippen LogP contribution in [-0.4, -0.2) is 18.5 Å². The topological polar surface area (TPSA) is 55.1 Å². The lowest BCUT2D eigenvalue weighted by Gasteiger charge is -2.19. The smallest absolute Gasteiger partial charge is 0.229 e. The maximum absolute atomic E-state index is 12.3. The summed E-state index contributed by atoms with van der Waals surface area (Å²) in [7, 11) is 0. The summed E-state index contributed by atoms with van der Waals surface area (Å²) in [5, 5.41) is 3.09. The molecule has 0 aromatic heterocycles. The molecule has 3 N–H and O–H groups in total. The third-order valence-electron chi connectivity index (χ3n) is 3.63. The predicted octanol–water partition coefficient (Wildman–Crippen LogP) is 3.20. The van der Waals surface area contributed by atoms with Crippen LogP contribution in [0.25, 0.3) is 0 Å². The highest BCUT2D eigenvalue weighted by Gasteiger charge is 2.19. The third-order valence-corrected chi connectivity index (χ3v) is 3.63. The first-order valence-corrected chi connectivity index (χ1v) is 7.74. The van der Waals surface area contributed by atoms with Crippen LogP contribution in [0.2, 0.25) is 0 Å². The number of carbonyl (C=O) groups is 1. The molecule has 1 rings (SSSR count). The Morgan fingerprint density at radius 3 is 2.50 bits per heavy atom. The number of benzene rings is 1. The normalized spacial score (nSPS) is 13.8. The summed E-state index contributed by atoms with van der Waals surface area (Å²) in [6, 6.07) is 9.98. The predicted molar refractivity (Wildman–Crippen MR) is 84.6 cm³/mol. The van der Waals surface area contributed by atoms with E-state index >= 15 is 0 Å². The summed E-state index contributed by atoms with van der Waals surface area (Å²) < 4.78 is 0. The summed E-state index contributed by atoms with van der Waals surface area (Å²) >= 11 is 0. The molecule has 2 atom stereocenters. The van der Waals surface area contributed by atoms with Crippen LogP contribution in [0, 0.1) is 0 Å². The zero-order valence-corrected chi connectivity index (χ0v) is 12.8. The second-order valence-corrected chi connectivity index (χ2v) is 5.46. The Labute approximate surface area is 122 Å². The molecule has 3 heteroatoms. The summed E-state index contributed by atoms with van der Waals surface area (Å²) in [5.41, 5.74) is 6.75. The Balaban J connectivity index is 2.43. The van der Waals surface area contributed by atoms with Crippen molar-refractivity contribution in [3.63, 3.8) is 0 Å². The van der Waals surface area contributed by atoms with Gasteiger partial charge in [0.25, 0.3) is 0 Å². The molecule has 20 heavy (non-hydrogen) atoms. The van der Waals surface area contributed by atoms with E-state index in [0.717, 1.165) is 12.0 Å². The largest absolute Gasteiger partial charge is 0.353 e. The van der Waals surface area contributed by atoms with Crippen molar-refractivity contribution < 1.29 is 4.79 Å². The second-order valence-electron chi connectivity index (χ2n) is 5.46. The van der Waals surface area contributed by atoms with Gasteiger partial charge in [-0.25, -0.2) is 0 Å². The molecule has 0 spiro atoms. The van der Waals surface area contributed by atoms with Gasteiger partial charge in [-0.3, -0.25) is 4.79 Å². The number of nitrogens with two attached hydrogens (primary N) is 1. The lowest BCUT2D eigenvalue weighted by molar-refractivity contribution is -0.123. The highest BCUT2D eigenvalue weighted by molar-refractivity contribution is 5.84. The van der Waals surface area contributed by atoms with Crippen LogP contribution in [0.5, 0.6) is 0 Å². The summed E-state index contributed by atoms with van der Waals surface area (Å²) in [6.45, 7) is 4.62. The summed E-state index contributed by atoms with van der Waals surface area (Å²) in [5.74, 6) is -0.198. The molecule has 1 amide bonds. The van der Waals surface area contributed by atoms with Crippen molar-refractivity contribution in [2.24, 2.45) is 5.73 Å². The van der Waals surface area contributed by atoms with Gasteiger partial charge >= 0.3 is 0 Å². The minimum Gasteiger partial charge on any atom is -0.353 e. The van der Waals surface area contributed by atoms with E-state index in [2.05, 4.69) is 19.2 Å². The Hall–Kier alpha value is -1.35. The van der Waals surface area contributed by atoms with Crippen LogP contribution >= 0.6 is 0 Å². The van der Waals surface area contributed by atoms with E-state index in [1.807, 2.05) is 30.3 Å². The van der Waals surface area contributed by atoms with Crippen molar-refractivity contribution in [1.29, 1.82) is 0 Å². The van der Waals surface area contributed by atoms with Gasteiger partial charge in [0, 0.05) is 12.6 Å². The maximum Gasteiger partial charge on any atom is 0.229 e. The number of hydrogen-bond donors (Lipinski definition) is 2. The zero-order chi connectivity index (χ0) is 14.8. The molecule has 2 unspecified atom stereocenters. The van der Waals surface area contributed by atoms with Gasteiger partial charge in [-0.15, -0.1) is 0 Å². The molecule has 3 nitrogen and oxygen atoms in total. The average molecular weight is 276 g/mol. The molecule has 0 aliphatic heterocycles. The number of amides is 1. The average Bonchev–Trinajstić information content (AvgIpc) is 2.45. The standard InChI is InChI=1S/C17H28N2O/c1-3-4-5-7-10-14(2)19-17(20)16(13-18)15-11-8-6-9-12-15/h6,8-9,11-12,14,16H,3-5,7,10,13,18H2,1-2H3,(H,19,20). The molecule has 0 bridgehead atoms. The highest BCUT2D eigenvalue weighted by atomic mass is 16.1.